The van der Waals surface area contributed by atoms with Crippen LogP contribution < -0.4 is 9.62 Å². The highest BCUT2D eigenvalue weighted by Gasteiger charge is 2.23. The number of amides is 1. The van der Waals surface area contributed by atoms with Crippen LogP contribution in [0.25, 0.3) is 44.2 Å². The van der Waals surface area contributed by atoms with Crippen molar-refractivity contribution in [1.82, 2.24) is 25.1 Å². The first kappa shape index (κ1) is 32.5. The number of rotatable bonds is 10. The summed E-state index contributed by atoms with van der Waals surface area (Å²) in [5, 5.41) is 4.84. The van der Waals surface area contributed by atoms with Gasteiger partial charge in [-0.25, -0.2) is 13.4 Å². The summed E-state index contributed by atoms with van der Waals surface area (Å²) in [4.78, 5) is 26.3. The number of anilines is 1. The number of sulfonamides is 1. The van der Waals surface area contributed by atoms with E-state index >= 15 is 0 Å². The lowest BCUT2D eigenvalue weighted by atomic mass is 9.92. The van der Waals surface area contributed by atoms with Crippen molar-refractivity contribution in [3.63, 3.8) is 0 Å². The number of benzene rings is 4. The first-order valence-corrected chi connectivity index (χ1v) is 18.1. The molecule has 0 saturated carbocycles. The Balaban J connectivity index is 1.20. The van der Waals surface area contributed by atoms with Crippen LogP contribution in [0.1, 0.15) is 16.8 Å². The number of H-pyrrole nitrogens is 1. The van der Waals surface area contributed by atoms with Crippen LogP contribution >= 0.6 is 0 Å². The van der Waals surface area contributed by atoms with Crippen LogP contribution in [0.2, 0.25) is 0 Å². The van der Waals surface area contributed by atoms with Crippen molar-refractivity contribution in [2.45, 2.75) is 11.3 Å². The molecule has 0 aliphatic carbocycles. The quantitative estimate of drug-likeness (QED) is 0.167. The molecule has 2 N–H and O–H groups in total. The fourth-order valence-electron chi connectivity index (χ4n) is 6.53. The molecule has 4 aromatic carbocycles. The molecular weight excluding hydrogens is 633 g/mol. The Labute approximate surface area is 287 Å². The van der Waals surface area contributed by atoms with E-state index < -0.39 is 10.0 Å². The van der Waals surface area contributed by atoms with Gasteiger partial charge in [0.05, 0.1) is 10.6 Å². The number of carbonyl (C=O) groups excluding carboxylic acids is 1. The molecule has 250 valence electrons. The van der Waals surface area contributed by atoms with E-state index in [0.717, 1.165) is 77.7 Å². The highest BCUT2D eigenvalue weighted by molar-refractivity contribution is 7.92. The number of likely N-dealkylation sites (N-methyl/N-ethyl adjacent to an activating group) is 1. The second kappa shape index (κ2) is 13.8. The normalized spacial score (nSPS) is 14.3. The first-order chi connectivity index (χ1) is 23.8. The van der Waals surface area contributed by atoms with E-state index in [9.17, 15) is 13.2 Å². The standard InChI is InChI=1S/C39H40N6O3S/c1-43-22-24-45(25-23-43)21-9-20-40-39(46)30-16-14-28(15-17-30)34-27-41-38-37(36(34)29-10-5-3-6-11-29)33-26-31(18-19-35(33)42-38)44(2)49(47,48)32-12-7-4-8-13-32/h3-8,10-19,26-27H,9,20-25H2,1-2H3,(H,40,46)(H,41,42). The van der Waals surface area contributed by atoms with Gasteiger partial charge in [-0.15, -0.1) is 0 Å². The van der Waals surface area contributed by atoms with E-state index in [1.165, 1.54) is 4.31 Å². The molecule has 0 radical (unpaired) electrons. The zero-order valence-electron chi connectivity index (χ0n) is 27.8. The number of aromatic amines is 1. The predicted molar refractivity (Wildman–Crippen MR) is 197 cm³/mol. The van der Waals surface area contributed by atoms with Gasteiger partial charge in [-0.2, -0.15) is 0 Å². The third-order valence-corrected chi connectivity index (χ3v) is 11.2. The van der Waals surface area contributed by atoms with Crippen molar-refractivity contribution in [2.75, 3.05) is 57.7 Å². The smallest absolute Gasteiger partial charge is 0.264 e. The maximum Gasteiger partial charge on any atom is 0.264 e. The fraction of sp³-hybridized carbons (Fsp3) is 0.231. The van der Waals surface area contributed by atoms with Crippen LogP contribution in [-0.2, 0) is 10.0 Å². The van der Waals surface area contributed by atoms with E-state index in [1.54, 1.807) is 43.4 Å². The molecule has 2 aromatic heterocycles. The van der Waals surface area contributed by atoms with Gasteiger partial charge in [-0.05, 0) is 73.6 Å². The van der Waals surface area contributed by atoms with Gasteiger partial charge in [0, 0.05) is 78.9 Å². The van der Waals surface area contributed by atoms with Crippen LogP contribution in [0.15, 0.2) is 114 Å². The lowest BCUT2D eigenvalue weighted by molar-refractivity contribution is 0.0949. The van der Waals surface area contributed by atoms with Gasteiger partial charge >= 0.3 is 0 Å². The molecule has 1 aliphatic rings. The minimum atomic E-state index is -3.77. The summed E-state index contributed by atoms with van der Waals surface area (Å²) in [7, 11) is -0.0366. The number of fused-ring (bicyclic) bond motifs is 3. The van der Waals surface area contributed by atoms with E-state index in [4.69, 9.17) is 4.98 Å². The average Bonchev–Trinajstić information content (AvgIpc) is 3.52. The second-order valence-electron chi connectivity index (χ2n) is 12.6. The molecule has 10 heteroatoms. The van der Waals surface area contributed by atoms with Crippen LogP contribution in [0, 0.1) is 0 Å². The average molecular weight is 673 g/mol. The maximum absolute atomic E-state index is 13.5. The van der Waals surface area contributed by atoms with Crippen molar-refractivity contribution in [3.8, 4) is 22.3 Å². The highest BCUT2D eigenvalue weighted by atomic mass is 32.2. The SMILES string of the molecule is CN1CCN(CCCNC(=O)c2ccc(-c3cnc4[nH]c5ccc(N(C)S(=O)(=O)c6ccccc6)cc5c4c3-c3ccccc3)cc2)CC1. The van der Waals surface area contributed by atoms with Gasteiger partial charge in [0.1, 0.15) is 5.65 Å². The molecule has 1 amide bonds. The molecule has 1 fully saturated rings. The van der Waals surface area contributed by atoms with E-state index in [-0.39, 0.29) is 10.8 Å². The van der Waals surface area contributed by atoms with E-state index in [0.29, 0.717) is 23.4 Å². The molecule has 0 bridgehead atoms. The van der Waals surface area contributed by atoms with Gasteiger partial charge in [0.25, 0.3) is 15.9 Å². The number of carbonyl (C=O) groups is 1. The van der Waals surface area contributed by atoms with Gasteiger partial charge in [0.15, 0.2) is 0 Å². The van der Waals surface area contributed by atoms with E-state index in [2.05, 4.69) is 39.3 Å². The van der Waals surface area contributed by atoms with E-state index in [1.807, 2.05) is 60.8 Å². The number of piperazine rings is 1. The van der Waals surface area contributed by atoms with Crippen molar-refractivity contribution >= 4 is 43.6 Å². The third-order valence-electron chi connectivity index (χ3n) is 9.42. The maximum atomic E-state index is 13.5. The number of nitrogens with zero attached hydrogens (tertiary/aromatic N) is 4. The largest absolute Gasteiger partial charge is 0.352 e. The molecule has 0 unspecified atom stereocenters. The second-order valence-corrected chi connectivity index (χ2v) is 14.6. The summed E-state index contributed by atoms with van der Waals surface area (Å²) in [5.41, 5.74) is 6.52. The van der Waals surface area contributed by atoms with Crippen molar-refractivity contribution < 1.29 is 13.2 Å². The van der Waals surface area contributed by atoms with Gasteiger partial charge < -0.3 is 20.1 Å². The molecule has 0 spiro atoms. The van der Waals surface area contributed by atoms with Crippen LogP contribution in [0.3, 0.4) is 0 Å². The Hall–Kier alpha value is -5.03. The van der Waals surface area contributed by atoms with Crippen molar-refractivity contribution in [1.29, 1.82) is 0 Å². The molecule has 1 aliphatic heterocycles. The highest BCUT2D eigenvalue weighted by Crippen LogP contribution is 2.41. The van der Waals surface area contributed by atoms with Gasteiger partial charge in [0.2, 0.25) is 0 Å². The lowest BCUT2D eigenvalue weighted by Crippen LogP contribution is -2.45. The monoisotopic (exact) mass is 672 g/mol. The zero-order chi connectivity index (χ0) is 34.0. The minimum absolute atomic E-state index is 0.0829. The van der Waals surface area contributed by atoms with Crippen LogP contribution in [-0.4, -0.2) is 87.5 Å². The van der Waals surface area contributed by atoms with Gasteiger partial charge in [-0.1, -0.05) is 60.7 Å². The summed E-state index contributed by atoms with van der Waals surface area (Å²) in [6, 6.07) is 31.8. The number of aromatic nitrogens is 2. The Morgan fingerprint density at radius 2 is 1.57 bits per heavy atom. The summed E-state index contributed by atoms with van der Waals surface area (Å²) >= 11 is 0. The topological polar surface area (TPSA) is 102 Å². The van der Waals surface area contributed by atoms with Crippen molar-refractivity contribution in [2.24, 2.45) is 0 Å². The van der Waals surface area contributed by atoms with Gasteiger partial charge in [-0.3, -0.25) is 9.10 Å². The third kappa shape index (κ3) is 6.67. The van der Waals surface area contributed by atoms with Crippen LogP contribution in [0.5, 0.6) is 0 Å². The predicted octanol–water partition coefficient (Wildman–Crippen LogP) is 6.24. The van der Waals surface area contributed by atoms with Crippen molar-refractivity contribution in [3.05, 3.63) is 115 Å². The first-order valence-electron chi connectivity index (χ1n) is 16.6. The fourth-order valence-corrected chi connectivity index (χ4v) is 7.74. The molecule has 6 aromatic rings. The molecule has 9 nitrogen and oxygen atoms in total. The number of hydrogen-bond donors (Lipinski definition) is 2. The summed E-state index contributed by atoms with van der Waals surface area (Å²) < 4.78 is 28.3. The molecule has 3 heterocycles. The minimum Gasteiger partial charge on any atom is -0.352 e. The summed E-state index contributed by atoms with van der Waals surface area (Å²) in [6.07, 6.45) is 2.78. The Kier molecular flexibility index (Phi) is 9.18. The number of pyridine rings is 1. The molecule has 0 atom stereocenters. The molecule has 49 heavy (non-hydrogen) atoms. The Bertz CT molecular complexity index is 2200. The summed E-state index contributed by atoms with van der Waals surface area (Å²) in [6.45, 7) is 5.94. The lowest BCUT2D eigenvalue weighted by Gasteiger charge is -2.32. The number of hydrogen-bond acceptors (Lipinski definition) is 6. The zero-order valence-corrected chi connectivity index (χ0v) is 28.6. The Morgan fingerprint density at radius 1 is 0.878 bits per heavy atom. The van der Waals surface area contributed by atoms with Crippen LogP contribution in [0.4, 0.5) is 5.69 Å². The molecular formula is C39H40N6O3S. The number of nitrogens with one attached hydrogen (secondary N) is 2. The Morgan fingerprint density at radius 3 is 2.29 bits per heavy atom. The molecule has 7 rings (SSSR count). The molecule has 1 saturated heterocycles. The summed E-state index contributed by atoms with van der Waals surface area (Å²) in [5.74, 6) is -0.0829.